The van der Waals surface area contributed by atoms with Crippen LogP contribution in [-0.4, -0.2) is 59.5 Å². The van der Waals surface area contributed by atoms with Gasteiger partial charge in [-0.05, 0) is 18.4 Å². The SMILES string of the molecule is O=C(CCC(=O)N1CCC(c2ccccc2)=N1)NCC(=O)N1CCCC1. The molecule has 2 heterocycles. The molecule has 1 aromatic carbocycles. The fourth-order valence-corrected chi connectivity index (χ4v) is 3.16. The van der Waals surface area contributed by atoms with Crippen molar-refractivity contribution in [2.24, 2.45) is 5.10 Å². The van der Waals surface area contributed by atoms with Gasteiger partial charge in [0.15, 0.2) is 0 Å². The Morgan fingerprint density at radius 1 is 0.962 bits per heavy atom. The number of nitrogens with one attached hydrogen (secondary N) is 1. The molecule has 1 fully saturated rings. The second-order valence-corrected chi connectivity index (χ2v) is 6.54. The van der Waals surface area contributed by atoms with Gasteiger partial charge in [0.25, 0.3) is 0 Å². The average Bonchev–Trinajstić information content (AvgIpc) is 3.37. The number of amides is 3. The van der Waals surface area contributed by atoms with Crippen molar-refractivity contribution in [3.8, 4) is 0 Å². The van der Waals surface area contributed by atoms with E-state index >= 15 is 0 Å². The summed E-state index contributed by atoms with van der Waals surface area (Å²) in [4.78, 5) is 37.8. The number of benzene rings is 1. The van der Waals surface area contributed by atoms with Crippen LogP contribution in [0.3, 0.4) is 0 Å². The second-order valence-electron chi connectivity index (χ2n) is 6.54. The van der Waals surface area contributed by atoms with Crippen molar-refractivity contribution in [2.45, 2.75) is 32.1 Å². The van der Waals surface area contributed by atoms with E-state index in [4.69, 9.17) is 0 Å². The molecule has 0 unspecified atom stereocenters. The van der Waals surface area contributed by atoms with E-state index in [0.717, 1.165) is 37.2 Å². The smallest absolute Gasteiger partial charge is 0.243 e. The van der Waals surface area contributed by atoms with E-state index in [1.54, 1.807) is 4.90 Å². The van der Waals surface area contributed by atoms with Gasteiger partial charge in [-0.2, -0.15) is 5.10 Å². The number of hydrazone groups is 1. The summed E-state index contributed by atoms with van der Waals surface area (Å²) in [6, 6.07) is 9.76. The van der Waals surface area contributed by atoms with Crippen molar-refractivity contribution in [1.82, 2.24) is 15.2 Å². The van der Waals surface area contributed by atoms with Gasteiger partial charge in [-0.1, -0.05) is 30.3 Å². The maximum absolute atomic E-state index is 12.2. The molecule has 3 rings (SSSR count). The summed E-state index contributed by atoms with van der Waals surface area (Å²) in [7, 11) is 0. The fourth-order valence-electron chi connectivity index (χ4n) is 3.16. The molecular weight excluding hydrogens is 332 g/mol. The highest BCUT2D eigenvalue weighted by atomic mass is 16.2. The summed E-state index contributed by atoms with van der Waals surface area (Å²) in [5.74, 6) is -0.506. The van der Waals surface area contributed by atoms with Crippen molar-refractivity contribution in [3.63, 3.8) is 0 Å². The Labute approximate surface area is 153 Å². The van der Waals surface area contributed by atoms with E-state index in [1.807, 2.05) is 30.3 Å². The van der Waals surface area contributed by atoms with Gasteiger partial charge in [-0.25, -0.2) is 5.01 Å². The van der Waals surface area contributed by atoms with Gasteiger partial charge in [0.05, 0.1) is 18.8 Å². The van der Waals surface area contributed by atoms with Gasteiger partial charge >= 0.3 is 0 Å². The van der Waals surface area contributed by atoms with Crippen LogP contribution in [0.4, 0.5) is 0 Å². The molecule has 0 aliphatic carbocycles. The Morgan fingerprint density at radius 3 is 2.42 bits per heavy atom. The first-order valence-electron chi connectivity index (χ1n) is 9.11. The maximum atomic E-state index is 12.2. The average molecular weight is 356 g/mol. The molecule has 0 aromatic heterocycles. The quantitative estimate of drug-likeness (QED) is 0.830. The Bertz CT molecular complexity index is 696. The van der Waals surface area contributed by atoms with E-state index in [1.165, 1.54) is 5.01 Å². The number of hydrogen-bond acceptors (Lipinski definition) is 4. The molecular formula is C19H24N4O3. The molecule has 0 saturated carbocycles. The van der Waals surface area contributed by atoms with Gasteiger partial charge in [0.2, 0.25) is 17.7 Å². The fraction of sp³-hybridized carbons (Fsp3) is 0.474. The minimum absolute atomic E-state index is 0.00699. The van der Waals surface area contributed by atoms with Crippen molar-refractivity contribution in [1.29, 1.82) is 0 Å². The molecule has 138 valence electrons. The third-order valence-corrected chi connectivity index (χ3v) is 4.66. The number of carbonyl (C=O) groups excluding carboxylic acids is 3. The molecule has 3 amide bonds. The van der Waals surface area contributed by atoms with Gasteiger partial charge in [-0.3, -0.25) is 14.4 Å². The normalized spacial score (nSPS) is 16.5. The molecule has 0 spiro atoms. The van der Waals surface area contributed by atoms with E-state index < -0.39 is 0 Å². The van der Waals surface area contributed by atoms with Crippen molar-refractivity contribution < 1.29 is 14.4 Å². The van der Waals surface area contributed by atoms with Crippen LogP contribution < -0.4 is 5.32 Å². The molecule has 0 radical (unpaired) electrons. The zero-order chi connectivity index (χ0) is 18.4. The number of carbonyl (C=O) groups is 3. The highest BCUT2D eigenvalue weighted by Crippen LogP contribution is 2.15. The molecule has 26 heavy (non-hydrogen) atoms. The third-order valence-electron chi connectivity index (χ3n) is 4.66. The molecule has 1 aromatic rings. The number of likely N-dealkylation sites (tertiary alicyclic amines) is 1. The lowest BCUT2D eigenvalue weighted by atomic mass is 10.1. The van der Waals surface area contributed by atoms with Gasteiger partial charge < -0.3 is 10.2 Å². The van der Waals surface area contributed by atoms with Crippen LogP contribution in [-0.2, 0) is 14.4 Å². The number of hydrogen-bond donors (Lipinski definition) is 1. The standard InChI is InChI=1S/C19H24N4O3/c24-17(20-14-19(26)22-11-4-5-12-22)8-9-18(25)23-13-10-16(21-23)15-6-2-1-3-7-15/h1-3,6-7H,4-5,8-14H2,(H,20,24). The summed E-state index contributed by atoms with van der Waals surface area (Å²) >= 11 is 0. The zero-order valence-electron chi connectivity index (χ0n) is 14.8. The predicted octanol–water partition coefficient (Wildman–Crippen LogP) is 1.14. The lowest BCUT2D eigenvalue weighted by molar-refractivity contribution is -0.134. The Kier molecular flexibility index (Phi) is 5.99. The van der Waals surface area contributed by atoms with E-state index in [9.17, 15) is 14.4 Å². The van der Waals surface area contributed by atoms with E-state index in [-0.39, 0.29) is 37.1 Å². The van der Waals surface area contributed by atoms with E-state index in [2.05, 4.69) is 10.4 Å². The van der Waals surface area contributed by atoms with Crippen molar-refractivity contribution in [3.05, 3.63) is 35.9 Å². The molecule has 0 bridgehead atoms. The van der Waals surface area contributed by atoms with Crippen LogP contribution in [0, 0.1) is 0 Å². The minimum atomic E-state index is -0.280. The molecule has 2 aliphatic rings. The minimum Gasteiger partial charge on any atom is -0.347 e. The monoisotopic (exact) mass is 356 g/mol. The summed E-state index contributed by atoms with van der Waals surface area (Å²) < 4.78 is 0. The summed E-state index contributed by atoms with van der Waals surface area (Å²) in [6.45, 7) is 2.08. The Morgan fingerprint density at radius 2 is 1.69 bits per heavy atom. The van der Waals surface area contributed by atoms with Gasteiger partial charge in [0, 0.05) is 32.4 Å². The predicted molar refractivity (Wildman–Crippen MR) is 97.4 cm³/mol. The van der Waals surface area contributed by atoms with Crippen LogP contribution in [0.2, 0.25) is 0 Å². The highest BCUT2D eigenvalue weighted by molar-refractivity contribution is 6.02. The van der Waals surface area contributed by atoms with E-state index in [0.29, 0.717) is 13.0 Å². The number of nitrogens with zero attached hydrogens (tertiary/aromatic N) is 3. The Hall–Kier alpha value is -2.70. The summed E-state index contributed by atoms with van der Waals surface area (Å²) in [5.41, 5.74) is 1.90. The lowest BCUT2D eigenvalue weighted by Gasteiger charge is -2.15. The molecule has 0 atom stereocenters. The first-order valence-corrected chi connectivity index (χ1v) is 9.11. The maximum Gasteiger partial charge on any atom is 0.243 e. The number of rotatable bonds is 6. The molecule has 7 nitrogen and oxygen atoms in total. The highest BCUT2D eigenvalue weighted by Gasteiger charge is 2.22. The zero-order valence-corrected chi connectivity index (χ0v) is 14.8. The first-order chi connectivity index (χ1) is 12.6. The topological polar surface area (TPSA) is 82.1 Å². The third kappa shape index (κ3) is 4.68. The summed E-state index contributed by atoms with van der Waals surface area (Å²) in [6.07, 6.45) is 2.92. The Balaban J connectivity index is 1.40. The van der Waals surface area contributed by atoms with Gasteiger partial charge in [-0.15, -0.1) is 0 Å². The molecule has 1 saturated heterocycles. The lowest BCUT2D eigenvalue weighted by Crippen LogP contribution is -2.38. The van der Waals surface area contributed by atoms with Crippen LogP contribution in [0.25, 0.3) is 0 Å². The van der Waals surface area contributed by atoms with Gasteiger partial charge in [0.1, 0.15) is 0 Å². The first kappa shape index (κ1) is 18.1. The second kappa shape index (κ2) is 8.60. The molecule has 2 aliphatic heterocycles. The van der Waals surface area contributed by atoms with Crippen LogP contribution in [0.5, 0.6) is 0 Å². The molecule has 7 heteroatoms. The molecule has 1 N–H and O–H groups in total. The summed E-state index contributed by atoms with van der Waals surface area (Å²) in [5, 5.41) is 8.41. The van der Waals surface area contributed by atoms with Crippen molar-refractivity contribution >= 4 is 23.4 Å². The van der Waals surface area contributed by atoms with Crippen LogP contribution in [0.15, 0.2) is 35.4 Å². The van der Waals surface area contributed by atoms with Crippen LogP contribution in [0.1, 0.15) is 37.7 Å². The van der Waals surface area contributed by atoms with Crippen LogP contribution >= 0.6 is 0 Å². The van der Waals surface area contributed by atoms with Crippen molar-refractivity contribution in [2.75, 3.05) is 26.2 Å². The largest absolute Gasteiger partial charge is 0.347 e.